The lowest BCUT2D eigenvalue weighted by Crippen LogP contribution is -2.26. The van der Waals surface area contributed by atoms with E-state index in [4.69, 9.17) is 5.73 Å². The minimum absolute atomic E-state index is 0.341. The highest BCUT2D eigenvalue weighted by Crippen LogP contribution is 2.35. The predicted octanol–water partition coefficient (Wildman–Crippen LogP) is 3.89. The number of rotatable bonds is 1. The zero-order chi connectivity index (χ0) is 13.4. The van der Waals surface area contributed by atoms with E-state index >= 15 is 0 Å². The first-order valence-corrected chi connectivity index (χ1v) is 5.15. The molecule has 0 aliphatic carbocycles. The Morgan fingerprint density at radius 1 is 1.12 bits per heavy atom. The van der Waals surface area contributed by atoms with Crippen LogP contribution in [0.3, 0.4) is 0 Å². The van der Waals surface area contributed by atoms with Crippen LogP contribution in [-0.4, -0.2) is 0 Å². The van der Waals surface area contributed by atoms with Gasteiger partial charge in [0.25, 0.3) is 0 Å². The summed E-state index contributed by atoms with van der Waals surface area (Å²) in [6.07, 6.45) is -4.67. The van der Waals surface area contributed by atoms with Crippen molar-refractivity contribution < 1.29 is 17.6 Å². The fourth-order valence-electron chi connectivity index (χ4n) is 1.45. The Balaban J connectivity index is 3.14. The van der Waals surface area contributed by atoms with Gasteiger partial charge in [-0.3, -0.25) is 0 Å². The highest BCUT2D eigenvalue weighted by molar-refractivity contribution is 5.29. The van der Waals surface area contributed by atoms with Gasteiger partial charge in [-0.25, -0.2) is 4.39 Å². The second-order valence-electron chi connectivity index (χ2n) is 5.08. The summed E-state index contributed by atoms with van der Waals surface area (Å²) in [6, 6.07) is 2.30. The molecule has 5 heteroatoms. The molecule has 2 N–H and O–H groups in total. The molecule has 0 aromatic heterocycles. The molecule has 0 heterocycles. The summed E-state index contributed by atoms with van der Waals surface area (Å²) in [7, 11) is 0. The first-order valence-electron chi connectivity index (χ1n) is 5.15. The van der Waals surface area contributed by atoms with Crippen LogP contribution >= 0.6 is 0 Å². The van der Waals surface area contributed by atoms with E-state index in [0.717, 1.165) is 12.1 Å². The van der Waals surface area contributed by atoms with Gasteiger partial charge in [-0.2, -0.15) is 13.2 Å². The van der Waals surface area contributed by atoms with E-state index in [1.54, 1.807) is 0 Å². The summed E-state index contributed by atoms with van der Waals surface area (Å²) in [5.41, 5.74) is 4.61. The van der Waals surface area contributed by atoms with Crippen molar-refractivity contribution in [2.45, 2.75) is 33.0 Å². The van der Waals surface area contributed by atoms with Crippen LogP contribution in [0.15, 0.2) is 18.2 Å². The quantitative estimate of drug-likeness (QED) is 0.751. The minimum Gasteiger partial charge on any atom is -0.324 e. The molecular weight excluding hydrogens is 234 g/mol. The van der Waals surface area contributed by atoms with Crippen molar-refractivity contribution in [1.82, 2.24) is 0 Å². The second kappa shape index (κ2) is 4.29. The summed E-state index contributed by atoms with van der Waals surface area (Å²) in [5.74, 6) is -1.28. The number of hydrogen-bond donors (Lipinski definition) is 1. The lowest BCUT2D eigenvalue weighted by Gasteiger charge is -2.27. The minimum atomic E-state index is -4.67. The van der Waals surface area contributed by atoms with E-state index in [2.05, 4.69) is 0 Å². The van der Waals surface area contributed by atoms with E-state index < -0.39 is 23.6 Å². The molecule has 1 aromatic carbocycles. The van der Waals surface area contributed by atoms with E-state index in [1.165, 1.54) is 6.07 Å². The van der Waals surface area contributed by atoms with Gasteiger partial charge in [0.05, 0.1) is 5.56 Å². The van der Waals surface area contributed by atoms with Gasteiger partial charge in [0.1, 0.15) is 5.82 Å². The molecule has 17 heavy (non-hydrogen) atoms. The molecule has 0 spiro atoms. The Morgan fingerprint density at radius 2 is 1.65 bits per heavy atom. The molecule has 0 bridgehead atoms. The van der Waals surface area contributed by atoms with Gasteiger partial charge in [0.15, 0.2) is 0 Å². The third kappa shape index (κ3) is 3.19. The van der Waals surface area contributed by atoms with Crippen molar-refractivity contribution in [3.05, 3.63) is 35.1 Å². The van der Waals surface area contributed by atoms with Crippen LogP contribution in [0.4, 0.5) is 17.6 Å². The van der Waals surface area contributed by atoms with Crippen LogP contribution in [0.25, 0.3) is 0 Å². The molecule has 96 valence electrons. The summed E-state index contributed by atoms with van der Waals surface area (Å²) in [6.45, 7) is 5.52. The van der Waals surface area contributed by atoms with Crippen molar-refractivity contribution in [1.29, 1.82) is 0 Å². The van der Waals surface area contributed by atoms with Crippen LogP contribution in [0.2, 0.25) is 0 Å². The number of alkyl halides is 3. The van der Waals surface area contributed by atoms with Crippen LogP contribution in [0.5, 0.6) is 0 Å². The Labute approximate surface area is 97.6 Å². The first-order chi connectivity index (χ1) is 7.53. The smallest absolute Gasteiger partial charge is 0.324 e. The Hall–Kier alpha value is -1.10. The molecule has 0 aliphatic heterocycles. The SMILES string of the molecule is CC(C)(C)[C@H](N)c1ccc(C(F)(F)F)c(F)c1. The van der Waals surface area contributed by atoms with E-state index in [0.29, 0.717) is 5.56 Å². The molecule has 1 rings (SSSR count). The maximum atomic E-state index is 13.3. The molecule has 0 fully saturated rings. The highest BCUT2D eigenvalue weighted by atomic mass is 19.4. The molecule has 0 amide bonds. The maximum Gasteiger partial charge on any atom is 0.419 e. The van der Waals surface area contributed by atoms with Gasteiger partial charge in [-0.1, -0.05) is 26.8 Å². The number of benzene rings is 1. The van der Waals surface area contributed by atoms with Gasteiger partial charge in [-0.05, 0) is 23.1 Å². The topological polar surface area (TPSA) is 26.0 Å². The van der Waals surface area contributed by atoms with Crippen LogP contribution in [0.1, 0.15) is 37.9 Å². The molecule has 1 aromatic rings. The largest absolute Gasteiger partial charge is 0.419 e. The van der Waals surface area contributed by atoms with Gasteiger partial charge in [0.2, 0.25) is 0 Å². The van der Waals surface area contributed by atoms with Gasteiger partial charge >= 0.3 is 6.18 Å². The normalized spacial score (nSPS) is 14.8. The van der Waals surface area contributed by atoms with E-state index in [-0.39, 0.29) is 5.41 Å². The lowest BCUT2D eigenvalue weighted by atomic mass is 9.83. The third-order valence-corrected chi connectivity index (χ3v) is 2.59. The maximum absolute atomic E-state index is 13.3. The van der Waals surface area contributed by atoms with Gasteiger partial charge in [-0.15, -0.1) is 0 Å². The van der Waals surface area contributed by atoms with Crippen molar-refractivity contribution in [2.24, 2.45) is 11.1 Å². The molecule has 0 saturated carbocycles. The van der Waals surface area contributed by atoms with Crippen molar-refractivity contribution in [2.75, 3.05) is 0 Å². The molecule has 1 nitrogen and oxygen atoms in total. The fourth-order valence-corrected chi connectivity index (χ4v) is 1.45. The number of hydrogen-bond acceptors (Lipinski definition) is 1. The van der Waals surface area contributed by atoms with Crippen LogP contribution < -0.4 is 5.73 Å². The number of halogens is 4. The van der Waals surface area contributed by atoms with Gasteiger partial charge < -0.3 is 5.73 Å². The summed E-state index contributed by atoms with van der Waals surface area (Å²) >= 11 is 0. The Bertz CT molecular complexity index is 404. The van der Waals surface area contributed by atoms with Crippen LogP contribution in [-0.2, 0) is 6.18 Å². The molecule has 0 saturated heterocycles. The standard InChI is InChI=1S/C12H15F4N/c1-11(2,3)10(17)7-4-5-8(9(13)6-7)12(14,15)16/h4-6,10H,17H2,1-3H3/t10-/m1/s1. The van der Waals surface area contributed by atoms with Crippen molar-refractivity contribution in [3.8, 4) is 0 Å². The third-order valence-electron chi connectivity index (χ3n) is 2.59. The van der Waals surface area contributed by atoms with E-state index in [1.807, 2.05) is 20.8 Å². The summed E-state index contributed by atoms with van der Waals surface area (Å²) in [5, 5.41) is 0. The fraction of sp³-hybridized carbons (Fsp3) is 0.500. The highest BCUT2D eigenvalue weighted by Gasteiger charge is 2.34. The average molecular weight is 249 g/mol. The number of nitrogens with two attached hydrogens (primary N) is 1. The van der Waals surface area contributed by atoms with Gasteiger partial charge in [0, 0.05) is 6.04 Å². The molecule has 0 radical (unpaired) electrons. The monoisotopic (exact) mass is 249 g/mol. The molecule has 1 atom stereocenters. The zero-order valence-electron chi connectivity index (χ0n) is 9.90. The van der Waals surface area contributed by atoms with E-state index in [9.17, 15) is 17.6 Å². The molecule has 0 unspecified atom stereocenters. The van der Waals surface area contributed by atoms with Crippen molar-refractivity contribution in [3.63, 3.8) is 0 Å². The molecular formula is C12H15F4N. The zero-order valence-corrected chi connectivity index (χ0v) is 9.90. The van der Waals surface area contributed by atoms with Crippen molar-refractivity contribution >= 4 is 0 Å². The average Bonchev–Trinajstić information content (AvgIpc) is 2.12. The first kappa shape index (κ1) is 14.0. The summed E-state index contributed by atoms with van der Waals surface area (Å²) in [4.78, 5) is 0. The summed E-state index contributed by atoms with van der Waals surface area (Å²) < 4.78 is 50.4. The Kier molecular flexibility index (Phi) is 3.52. The predicted molar refractivity (Wildman–Crippen MR) is 57.8 cm³/mol. The lowest BCUT2D eigenvalue weighted by molar-refractivity contribution is -0.140. The Morgan fingerprint density at radius 3 is 2.00 bits per heavy atom. The second-order valence-corrected chi connectivity index (χ2v) is 5.08. The van der Waals surface area contributed by atoms with Crippen LogP contribution in [0, 0.1) is 11.2 Å². The molecule has 0 aliphatic rings.